The van der Waals surface area contributed by atoms with Crippen molar-refractivity contribution < 1.29 is 22.3 Å². The lowest BCUT2D eigenvalue weighted by atomic mass is 10.1. The molecule has 0 radical (unpaired) electrons. The predicted molar refractivity (Wildman–Crippen MR) is 77.1 cm³/mol. The van der Waals surface area contributed by atoms with E-state index < -0.39 is 11.7 Å². The molecule has 7 heteroatoms. The Kier molecular flexibility index (Phi) is 4.72. The maximum atomic E-state index is 12.7. The lowest BCUT2D eigenvalue weighted by molar-refractivity contribution is -0.137. The molecule has 0 N–H and O–H groups in total. The number of rotatable bonds is 2. The van der Waals surface area contributed by atoms with Gasteiger partial charge in [-0.1, -0.05) is 6.07 Å². The van der Waals surface area contributed by atoms with Crippen LogP contribution in [0.2, 0.25) is 0 Å². The van der Waals surface area contributed by atoms with Crippen LogP contribution in [0.4, 0.5) is 13.2 Å². The minimum absolute atomic E-state index is 0. The van der Waals surface area contributed by atoms with Gasteiger partial charge in [0.2, 0.25) is 0 Å². The van der Waals surface area contributed by atoms with Crippen molar-refractivity contribution in [2.45, 2.75) is 18.8 Å². The standard InChI is InChI=1S/C15H14F3NO2.ClH/c1-19-8-13-12(5-6-20-13)14(9-19)21-11-4-2-3-10(7-11)15(16,17)18;/h2-7,14H,8-9H2,1H3;1H. The largest absolute Gasteiger partial charge is 0.484 e. The monoisotopic (exact) mass is 333 g/mol. The zero-order valence-electron chi connectivity index (χ0n) is 11.8. The van der Waals surface area contributed by atoms with Crippen molar-refractivity contribution in [3.05, 3.63) is 53.5 Å². The van der Waals surface area contributed by atoms with Crippen molar-refractivity contribution >= 4 is 12.4 Å². The lowest BCUT2D eigenvalue weighted by Gasteiger charge is -2.29. The number of hydrogen-bond donors (Lipinski definition) is 0. The van der Waals surface area contributed by atoms with Crippen LogP contribution in [-0.4, -0.2) is 18.5 Å². The van der Waals surface area contributed by atoms with E-state index in [1.165, 1.54) is 12.1 Å². The summed E-state index contributed by atoms with van der Waals surface area (Å²) in [5, 5.41) is 0. The molecule has 2 aromatic rings. The maximum absolute atomic E-state index is 12.7. The van der Waals surface area contributed by atoms with E-state index >= 15 is 0 Å². The van der Waals surface area contributed by atoms with Crippen molar-refractivity contribution in [2.24, 2.45) is 0 Å². The van der Waals surface area contributed by atoms with E-state index in [0.717, 1.165) is 23.5 Å². The number of halogens is 4. The van der Waals surface area contributed by atoms with Gasteiger partial charge in [0.1, 0.15) is 17.6 Å². The van der Waals surface area contributed by atoms with Gasteiger partial charge < -0.3 is 9.15 Å². The summed E-state index contributed by atoms with van der Waals surface area (Å²) in [5.41, 5.74) is 0.182. The quantitative estimate of drug-likeness (QED) is 0.820. The zero-order valence-corrected chi connectivity index (χ0v) is 12.6. The highest BCUT2D eigenvalue weighted by molar-refractivity contribution is 5.85. The molecule has 22 heavy (non-hydrogen) atoms. The van der Waals surface area contributed by atoms with Crippen LogP contribution in [0.1, 0.15) is 23.0 Å². The first kappa shape index (κ1) is 16.7. The van der Waals surface area contributed by atoms with E-state index in [1.807, 2.05) is 11.9 Å². The number of benzene rings is 1. The van der Waals surface area contributed by atoms with Gasteiger partial charge in [-0.2, -0.15) is 13.2 Å². The van der Waals surface area contributed by atoms with E-state index in [-0.39, 0.29) is 24.3 Å². The molecule has 0 fully saturated rings. The molecule has 1 atom stereocenters. The molecule has 1 aromatic heterocycles. The van der Waals surface area contributed by atoms with Gasteiger partial charge in [-0.3, -0.25) is 4.90 Å². The van der Waals surface area contributed by atoms with Crippen LogP contribution in [0.3, 0.4) is 0 Å². The molecule has 1 aliphatic heterocycles. The number of likely N-dealkylation sites (N-methyl/N-ethyl adjacent to an activating group) is 1. The molecule has 2 heterocycles. The van der Waals surface area contributed by atoms with Gasteiger partial charge in [0.05, 0.1) is 18.4 Å². The Labute approximate surface area is 132 Å². The molecule has 1 aliphatic rings. The molecule has 1 aromatic carbocycles. The summed E-state index contributed by atoms with van der Waals surface area (Å²) in [4.78, 5) is 2.00. The number of ether oxygens (including phenoxy) is 1. The van der Waals surface area contributed by atoms with Crippen LogP contribution in [0, 0.1) is 0 Å². The highest BCUT2D eigenvalue weighted by atomic mass is 35.5. The number of furan rings is 1. The molecule has 1 unspecified atom stereocenters. The predicted octanol–water partition coefficient (Wildman–Crippen LogP) is 4.29. The smallest absolute Gasteiger partial charge is 0.416 e. The van der Waals surface area contributed by atoms with E-state index in [0.29, 0.717) is 13.1 Å². The van der Waals surface area contributed by atoms with E-state index in [9.17, 15) is 13.2 Å². The van der Waals surface area contributed by atoms with Crippen molar-refractivity contribution in [3.63, 3.8) is 0 Å². The maximum Gasteiger partial charge on any atom is 0.416 e. The summed E-state index contributed by atoms with van der Waals surface area (Å²) in [6, 6.07) is 6.74. The first-order valence-corrected chi connectivity index (χ1v) is 6.52. The minimum atomic E-state index is -4.37. The average molecular weight is 334 g/mol. The second-order valence-corrected chi connectivity index (χ2v) is 5.13. The summed E-state index contributed by atoms with van der Waals surface area (Å²) in [6.45, 7) is 1.27. The Morgan fingerprint density at radius 2 is 2.05 bits per heavy atom. The first-order chi connectivity index (χ1) is 9.93. The fourth-order valence-corrected chi connectivity index (χ4v) is 2.47. The SMILES string of the molecule is CN1Cc2occc2C(Oc2cccc(C(F)(F)F)c2)C1.Cl. The number of alkyl halides is 3. The van der Waals surface area contributed by atoms with E-state index in [1.54, 1.807) is 12.3 Å². The molecule has 0 bridgehead atoms. The fourth-order valence-electron chi connectivity index (χ4n) is 2.47. The van der Waals surface area contributed by atoms with Gasteiger partial charge in [-0.05, 0) is 31.3 Å². The molecule has 0 saturated carbocycles. The Bertz CT molecular complexity index is 642. The van der Waals surface area contributed by atoms with Crippen LogP contribution in [-0.2, 0) is 12.7 Å². The van der Waals surface area contributed by atoms with Crippen molar-refractivity contribution in [1.29, 1.82) is 0 Å². The van der Waals surface area contributed by atoms with Crippen molar-refractivity contribution in [3.8, 4) is 5.75 Å². The lowest BCUT2D eigenvalue weighted by Crippen LogP contribution is -2.32. The molecular weight excluding hydrogens is 319 g/mol. The third-order valence-electron chi connectivity index (χ3n) is 3.46. The van der Waals surface area contributed by atoms with Crippen LogP contribution >= 0.6 is 12.4 Å². The molecule has 0 spiro atoms. The van der Waals surface area contributed by atoms with Gasteiger partial charge in [-0.25, -0.2) is 0 Å². The van der Waals surface area contributed by atoms with Crippen LogP contribution in [0.5, 0.6) is 5.75 Å². The van der Waals surface area contributed by atoms with Gasteiger partial charge in [-0.15, -0.1) is 12.4 Å². The van der Waals surface area contributed by atoms with Crippen LogP contribution in [0.15, 0.2) is 41.0 Å². The van der Waals surface area contributed by atoms with E-state index in [2.05, 4.69) is 0 Å². The summed E-state index contributed by atoms with van der Waals surface area (Å²) < 4.78 is 49.3. The fraction of sp³-hybridized carbons (Fsp3) is 0.333. The molecule has 0 aliphatic carbocycles. The molecule has 0 amide bonds. The van der Waals surface area contributed by atoms with Crippen LogP contribution in [0.25, 0.3) is 0 Å². The average Bonchev–Trinajstić information content (AvgIpc) is 2.86. The molecule has 120 valence electrons. The Hall–Kier alpha value is -1.66. The minimum Gasteiger partial charge on any atom is -0.484 e. The highest BCUT2D eigenvalue weighted by Crippen LogP contribution is 2.34. The first-order valence-electron chi connectivity index (χ1n) is 6.52. The van der Waals surface area contributed by atoms with Gasteiger partial charge >= 0.3 is 6.18 Å². The highest BCUT2D eigenvalue weighted by Gasteiger charge is 2.31. The number of fused-ring (bicyclic) bond motifs is 1. The second kappa shape index (κ2) is 6.22. The molecular formula is C15H15ClF3NO2. The van der Waals surface area contributed by atoms with E-state index in [4.69, 9.17) is 9.15 Å². The second-order valence-electron chi connectivity index (χ2n) is 5.13. The van der Waals surface area contributed by atoms with Gasteiger partial charge in [0.25, 0.3) is 0 Å². The Balaban J connectivity index is 0.00000176. The topological polar surface area (TPSA) is 25.6 Å². The van der Waals surface area contributed by atoms with Gasteiger partial charge in [0.15, 0.2) is 0 Å². The Morgan fingerprint density at radius 3 is 2.77 bits per heavy atom. The van der Waals surface area contributed by atoms with Crippen LogP contribution < -0.4 is 4.74 Å². The Morgan fingerprint density at radius 1 is 1.27 bits per heavy atom. The van der Waals surface area contributed by atoms with Crippen molar-refractivity contribution in [1.82, 2.24) is 4.90 Å². The summed E-state index contributed by atoms with van der Waals surface area (Å²) in [6.07, 6.45) is -3.13. The normalized spacial score (nSPS) is 18.5. The molecule has 3 nitrogen and oxygen atoms in total. The number of hydrogen-bond acceptors (Lipinski definition) is 3. The third-order valence-corrected chi connectivity index (χ3v) is 3.46. The van der Waals surface area contributed by atoms with Crippen molar-refractivity contribution in [2.75, 3.05) is 13.6 Å². The zero-order chi connectivity index (χ0) is 15.0. The molecule has 0 saturated heterocycles. The van der Waals surface area contributed by atoms with Gasteiger partial charge in [0, 0.05) is 12.1 Å². The summed E-state index contributed by atoms with van der Waals surface area (Å²) >= 11 is 0. The molecule has 3 rings (SSSR count). The number of nitrogens with zero attached hydrogens (tertiary/aromatic N) is 1. The summed E-state index contributed by atoms with van der Waals surface area (Å²) in [5.74, 6) is 0.998. The third kappa shape index (κ3) is 3.39. The summed E-state index contributed by atoms with van der Waals surface area (Å²) in [7, 11) is 1.91.